The maximum absolute atomic E-state index is 5.97. The minimum atomic E-state index is 0.237. The molecule has 2 aromatic rings. The van der Waals surface area contributed by atoms with E-state index in [-0.39, 0.29) is 6.04 Å². The highest BCUT2D eigenvalue weighted by Crippen LogP contribution is 2.27. The van der Waals surface area contributed by atoms with E-state index < -0.39 is 0 Å². The molecule has 0 aliphatic heterocycles. The molecule has 2 rings (SSSR count). The first kappa shape index (κ1) is 14.6. The molecule has 0 aromatic heterocycles. The van der Waals surface area contributed by atoms with Crippen molar-refractivity contribution in [3.05, 3.63) is 59.2 Å². The van der Waals surface area contributed by atoms with Crippen molar-refractivity contribution in [1.29, 1.82) is 0 Å². The summed E-state index contributed by atoms with van der Waals surface area (Å²) in [6.07, 6.45) is 1.92. The fraction of sp³-hybridized carbons (Fsp3) is 0.333. The van der Waals surface area contributed by atoms with Crippen LogP contribution in [0.5, 0.6) is 11.5 Å². The predicted molar refractivity (Wildman–Crippen MR) is 84.4 cm³/mol. The standard InChI is InChI=1S/C18H23NO/c1-4-16(19)12-15-8-10-17(11-9-15)20-18-7-5-6-13(2)14(18)3/h5-11,16H,4,12,19H2,1-3H3. The van der Waals surface area contributed by atoms with Gasteiger partial charge in [0.05, 0.1) is 0 Å². The third kappa shape index (κ3) is 3.61. The third-order valence-corrected chi connectivity index (χ3v) is 3.73. The second-order valence-electron chi connectivity index (χ2n) is 5.32. The molecule has 2 N–H and O–H groups in total. The Labute approximate surface area is 121 Å². The zero-order valence-corrected chi connectivity index (χ0v) is 12.5. The lowest BCUT2D eigenvalue weighted by Gasteiger charge is -2.12. The van der Waals surface area contributed by atoms with Crippen molar-refractivity contribution in [1.82, 2.24) is 0 Å². The summed E-state index contributed by atoms with van der Waals surface area (Å²) in [6, 6.07) is 14.6. The van der Waals surface area contributed by atoms with E-state index in [0.29, 0.717) is 0 Å². The highest BCUT2D eigenvalue weighted by Gasteiger charge is 2.05. The molecule has 0 fully saturated rings. The van der Waals surface area contributed by atoms with Crippen molar-refractivity contribution >= 4 is 0 Å². The van der Waals surface area contributed by atoms with Gasteiger partial charge in [-0.1, -0.05) is 31.2 Å². The minimum absolute atomic E-state index is 0.237. The van der Waals surface area contributed by atoms with Gasteiger partial charge in [-0.2, -0.15) is 0 Å². The summed E-state index contributed by atoms with van der Waals surface area (Å²) < 4.78 is 5.95. The van der Waals surface area contributed by atoms with Gasteiger partial charge in [0.25, 0.3) is 0 Å². The first-order chi connectivity index (χ1) is 9.60. The smallest absolute Gasteiger partial charge is 0.130 e. The second kappa shape index (κ2) is 6.58. The molecule has 0 spiro atoms. The Balaban J connectivity index is 2.09. The van der Waals surface area contributed by atoms with E-state index in [4.69, 9.17) is 10.5 Å². The summed E-state index contributed by atoms with van der Waals surface area (Å²) >= 11 is 0. The number of nitrogens with two attached hydrogens (primary N) is 1. The average molecular weight is 269 g/mol. The second-order valence-corrected chi connectivity index (χ2v) is 5.32. The van der Waals surface area contributed by atoms with Crippen molar-refractivity contribution in [3.63, 3.8) is 0 Å². The van der Waals surface area contributed by atoms with Gasteiger partial charge in [0.1, 0.15) is 11.5 Å². The van der Waals surface area contributed by atoms with E-state index in [2.05, 4.69) is 39.0 Å². The van der Waals surface area contributed by atoms with E-state index in [0.717, 1.165) is 24.3 Å². The Kier molecular flexibility index (Phi) is 4.80. The van der Waals surface area contributed by atoms with Crippen LogP contribution in [0.2, 0.25) is 0 Å². The van der Waals surface area contributed by atoms with Gasteiger partial charge >= 0.3 is 0 Å². The predicted octanol–water partition coefficient (Wildman–Crippen LogP) is 4.38. The van der Waals surface area contributed by atoms with Gasteiger partial charge in [0, 0.05) is 6.04 Å². The zero-order valence-electron chi connectivity index (χ0n) is 12.5. The van der Waals surface area contributed by atoms with E-state index >= 15 is 0 Å². The SMILES string of the molecule is CCC(N)Cc1ccc(Oc2cccc(C)c2C)cc1. The molecule has 20 heavy (non-hydrogen) atoms. The van der Waals surface area contributed by atoms with Crippen LogP contribution in [0.15, 0.2) is 42.5 Å². The van der Waals surface area contributed by atoms with Gasteiger partial charge in [-0.05, 0) is 61.6 Å². The van der Waals surface area contributed by atoms with Gasteiger partial charge in [0.2, 0.25) is 0 Å². The van der Waals surface area contributed by atoms with Crippen LogP contribution in [0.1, 0.15) is 30.0 Å². The maximum atomic E-state index is 5.97. The van der Waals surface area contributed by atoms with Crippen molar-refractivity contribution < 1.29 is 4.74 Å². The average Bonchev–Trinajstić information content (AvgIpc) is 2.46. The number of rotatable bonds is 5. The van der Waals surface area contributed by atoms with Crippen LogP contribution in [-0.4, -0.2) is 6.04 Å². The summed E-state index contributed by atoms with van der Waals surface area (Å²) in [6.45, 7) is 6.29. The molecule has 0 bridgehead atoms. The molecule has 0 aliphatic rings. The topological polar surface area (TPSA) is 35.2 Å². The van der Waals surface area contributed by atoms with Crippen LogP contribution in [0.4, 0.5) is 0 Å². The summed E-state index contributed by atoms with van der Waals surface area (Å²) in [5, 5.41) is 0. The van der Waals surface area contributed by atoms with Crippen LogP contribution >= 0.6 is 0 Å². The molecule has 2 nitrogen and oxygen atoms in total. The first-order valence-electron chi connectivity index (χ1n) is 7.18. The molecule has 2 heteroatoms. The molecule has 0 aliphatic carbocycles. The molecular formula is C18H23NO. The Morgan fingerprint density at radius 1 is 1.05 bits per heavy atom. The van der Waals surface area contributed by atoms with Crippen molar-refractivity contribution in [2.24, 2.45) is 5.73 Å². The third-order valence-electron chi connectivity index (χ3n) is 3.73. The Morgan fingerprint density at radius 2 is 1.75 bits per heavy atom. The molecule has 2 aromatic carbocycles. The highest BCUT2D eigenvalue weighted by molar-refractivity contribution is 5.41. The van der Waals surface area contributed by atoms with Gasteiger partial charge < -0.3 is 10.5 Å². The van der Waals surface area contributed by atoms with Crippen molar-refractivity contribution in [2.45, 2.75) is 39.7 Å². The number of aryl methyl sites for hydroxylation is 1. The zero-order chi connectivity index (χ0) is 14.5. The highest BCUT2D eigenvalue weighted by atomic mass is 16.5. The number of hydrogen-bond donors (Lipinski definition) is 1. The summed E-state index contributed by atoms with van der Waals surface area (Å²) in [5.41, 5.74) is 9.66. The van der Waals surface area contributed by atoms with Crippen LogP contribution < -0.4 is 10.5 Å². The molecule has 0 saturated carbocycles. The normalized spacial score (nSPS) is 12.2. The lowest BCUT2D eigenvalue weighted by atomic mass is 10.0. The Hall–Kier alpha value is -1.80. The Bertz CT molecular complexity index is 560. The molecule has 0 amide bonds. The fourth-order valence-corrected chi connectivity index (χ4v) is 2.10. The van der Waals surface area contributed by atoms with Gasteiger partial charge in [-0.25, -0.2) is 0 Å². The monoisotopic (exact) mass is 269 g/mol. The van der Waals surface area contributed by atoms with Gasteiger partial charge in [-0.15, -0.1) is 0 Å². The lowest BCUT2D eigenvalue weighted by Crippen LogP contribution is -2.21. The van der Waals surface area contributed by atoms with Crippen LogP contribution in [0, 0.1) is 13.8 Å². The van der Waals surface area contributed by atoms with Crippen LogP contribution in [0.25, 0.3) is 0 Å². The van der Waals surface area contributed by atoms with E-state index in [1.54, 1.807) is 0 Å². The summed E-state index contributed by atoms with van der Waals surface area (Å²) in [5.74, 6) is 1.79. The quantitative estimate of drug-likeness (QED) is 0.874. The lowest BCUT2D eigenvalue weighted by molar-refractivity contribution is 0.478. The van der Waals surface area contributed by atoms with Gasteiger partial charge in [0.15, 0.2) is 0 Å². The number of benzene rings is 2. The molecule has 1 unspecified atom stereocenters. The maximum Gasteiger partial charge on any atom is 0.130 e. The van der Waals surface area contributed by atoms with Crippen molar-refractivity contribution in [2.75, 3.05) is 0 Å². The number of hydrogen-bond acceptors (Lipinski definition) is 2. The van der Waals surface area contributed by atoms with Crippen LogP contribution in [-0.2, 0) is 6.42 Å². The molecule has 0 saturated heterocycles. The molecule has 0 radical (unpaired) electrons. The first-order valence-corrected chi connectivity index (χ1v) is 7.18. The van der Waals surface area contributed by atoms with E-state index in [1.807, 2.05) is 24.3 Å². The van der Waals surface area contributed by atoms with E-state index in [9.17, 15) is 0 Å². The molecule has 1 atom stereocenters. The molecule has 0 heterocycles. The van der Waals surface area contributed by atoms with E-state index in [1.165, 1.54) is 16.7 Å². The summed E-state index contributed by atoms with van der Waals surface area (Å²) in [4.78, 5) is 0. The molecule has 106 valence electrons. The Morgan fingerprint density at radius 3 is 2.40 bits per heavy atom. The minimum Gasteiger partial charge on any atom is -0.457 e. The number of ether oxygens (including phenoxy) is 1. The van der Waals surface area contributed by atoms with Crippen LogP contribution in [0.3, 0.4) is 0 Å². The fourth-order valence-electron chi connectivity index (χ4n) is 2.10. The van der Waals surface area contributed by atoms with Gasteiger partial charge in [-0.3, -0.25) is 0 Å². The molecular weight excluding hydrogens is 246 g/mol. The summed E-state index contributed by atoms with van der Waals surface area (Å²) in [7, 11) is 0. The largest absolute Gasteiger partial charge is 0.457 e. The van der Waals surface area contributed by atoms with Crippen molar-refractivity contribution in [3.8, 4) is 11.5 Å².